The van der Waals surface area contributed by atoms with Crippen LogP contribution in [-0.2, 0) is 4.79 Å². The van der Waals surface area contributed by atoms with E-state index in [1.165, 1.54) is 172 Å². The number of hydrogen-bond donors (Lipinski definition) is 1. The van der Waals surface area contributed by atoms with Crippen LogP contribution in [0.5, 0.6) is 0 Å². The van der Waals surface area contributed by atoms with Gasteiger partial charge in [-0.1, -0.05) is 180 Å². The zero-order valence-corrected chi connectivity index (χ0v) is 39.6. The number of allylic oxidation sites excluding steroid dienone is 2. The number of anilines is 5. The summed E-state index contributed by atoms with van der Waals surface area (Å²) in [6, 6.07) is 26.8. The van der Waals surface area contributed by atoms with E-state index in [1.807, 2.05) is 6.08 Å². The second-order valence-corrected chi connectivity index (χ2v) is 17.3. The number of nitrogens with zero attached hydrogens (tertiary/aromatic N) is 4. The average Bonchev–Trinajstić information content (AvgIpc) is 3.29. The van der Waals surface area contributed by atoms with Crippen LogP contribution in [0.2, 0.25) is 0 Å². The molecule has 6 heteroatoms. The molecule has 6 nitrogen and oxygen atoms in total. The Hall–Kier alpha value is -4.50. The molecule has 0 aromatic heterocycles. The molecule has 1 N–H and O–H groups in total. The summed E-state index contributed by atoms with van der Waals surface area (Å²) >= 11 is 0. The molecule has 0 aliphatic carbocycles. The monoisotopic (exact) mass is 845 g/mol. The molecule has 0 unspecified atom stereocenters. The van der Waals surface area contributed by atoms with Gasteiger partial charge < -0.3 is 19.8 Å². The lowest BCUT2D eigenvalue weighted by Gasteiger charge is -2.29. The van der Waals surface area contributed by atoms with Gasteiger partial charge in [-0.05, 0) is 98.0 Å². The highest BCUT2D eigenvalue weighted by molar-refractivity contribution is 5.89. The van der Waals surface area contributed by atoms with Crippen LogP contribution >= 0.6 is 0 Å². The minimum Gasteiger partial charge on any atom is -0.486 e. The Kier molecular flexibility index (Phi) is 27.7. The van der Waals surface area contributed by atoms with Crippen molar-refractivity contribution in [2.75, 3.05) is 40.9 Å². The summed E-state index contributed by atoms with van der Waals surface area (Å²) in [7, 11) is 0. The Morgan fingerprint density at radius 1 is 0.468 bits per heavy atom. The molecule has 0 aliphatic rings. The summed E-state index contributed by atoms with van der Waals surface area (Å²) in [4.78, 5) is 22.0. The lowest BCUT2D eigenvalue weighted by Crippen LogP contribution is -2.26. The summed E-state index contributed by atoms with van der Waals surface area (Å²) in [5.74, 6) is -1.21. The number of rotatable bonds is 36. The Morgan fingerprint density at radius 2 is 0.758 bits per heavy atom. The van der Waals surface area contributed by atoms with Crippen molar-refractivity contribution in [3.63, 3.8) is 0 Å². The maximum absolute atomic E-state index is 11.3. The fourth-order valence-corrected chi connectivity index (χ4v) is 8.29. The molecule has 62 heavy (non-hydrogen) atoms. The van der Waals surface area contributed by atoms with E-state index in [0.29, 0.717) is 0 Å². The van der Waals surface area contributed by atoms with Gasteiger partial charge in [0.1, 0.15) is 0 Å². The summed E-state index contributed by atoms with van der Waals surface area (Å²) < 4.78 is 0. The second-order valence-electron chi connectivity index (χ2n) is 17.3. The summed E-state index contributed by atoms with van der Waals surface area (Å²) in [6.07, 6.45) is 36.2. The molecular formula is C56H84N4O2. The zero-order chi connectivity index (χ0) is 44.5. The third-order valence-corrected chi connectivity index (χ3v) is 12.1. The van der Waals surface area contributed by atoms with E-state index in [-0.39, 0.29) is 5.70 Å². The van der Waals surface area contributed by atoms with Crippen LogP contribution in [0.25, 0.3) is 10.9 Å². The van der Waals surface area contributed by atoms with E-state index < -0.39 is 5.97 Å². The molecular weight excluding hydrogens is 761 g/mol. The van der Waals surface area contributed by atoms with Gasteiger partial charge in [0.05, 0.1) is 6.57 Å². The number of hydrogen-bond acceptors (Lipinski definition) is 4. The van der Waals surface area contributed by atoms with E-state index in [4.69, 9.17) is 6.57 Å². The Bertz CT molecular complexity index is 1580. The van der Waals surface area contributed by atoms with Gasteiger partial charge in [-0.25, -0.2) is 4.85 Å². The smallest absolute Gasteiger partial charge is 0.333 e. The van der Waals surface area contributed by atoms with Crippen LogP contribution < -0.4 is 14.7 Å². The largest absolute Gasteiger partial charge is 0.486 e. The molecule has 0 atom stereocenters. The van der Waals surface area contributed by atoms with Crippen molar-refractivity contribution < 1.29 is 9.90 Å². The molecule has 0 aliphatic heterocycles. The highest BCUT2D eigenvalue weighted by Crippen LogP contribution is 2.37. The normalized spacial score (nSPS) is 11.6. The average molecular weight is 845 g/mol. The lowest BCUT2D eigenvalue weighted by molar-refractivity contribution is -0.132. The van der Waals surface area contributed by atoms with Gasteiger partial charge in [0.15, 0.2) is 0 Å². The van der Waals surface area contributed by atoms with Gasteiger partial charge in [-0.2, -0.15) is 0 Å². The minimum absolute atomic E-state index is 0.300. The first-order chi connectivity index (χ1) is 30.4. The molecule has 0 radical (unpaired) electrons. The minimum atomic E-state index is -1.21. The Labute approximate surface area is 379 Å². The molecule has 3 aromatic rings. The molecule has 3 rings (SSSR count). The van der Waals surface area contributed by atoms with Crippen LogP contribution in [0.15, 0.2) is 90.6 Å². The molecule has 0 spiro atoms. The van der Waals surface area contributed by atoms with Crippen molar-refractivity contribution >= 4 is 40.5 Å². The van der Waals surface area contributed by atoms with Gasteiger partial charge in [0.25, 0.3) is 5.70 Å². The zero-order valence-electron chi connectivity index (χ0n) is 39.6. The van der Waals surface area contributed by atoms with Crippen molar-refractivity contribution in [1.82, 2.24) is 0 Å². The standard InChI is InChI=1S/C56H84N4O2/c1-6-10-14-18-22-26-45-58(46-27-23-19-15-11-7-2)50-37-41-53(42-38-50)60(52-35-33-49(34-36-52)31-30-32-55(57-5)56(61)62)54-43-39-51(40-44-54)59(47-28-24-20-16-12-8-3)48-29-25-21-17-13-9-4/h30-44H,6-29,45-48H2,1-4H3,(H,61,62). The van der Waals surface area contributed by atoms with Crippen molar-refractivity contribution in [2.24, 2.45) is 0 Å². The SMILES string of the molecule is [C-]#[N+]C(=CC=Cc1ccc(N(c2ccc(N(CCCCCCCC)CCCCCCCC)cc2)c2ccc(N(CCCCCCCC)CCCCCCCC)cc2)cc1)C(=O)O. The van der Waals surface area contributed by atoms with Crippen molar-refractivity contribution in [2.45, 2.75) is 182 Å². The lowest BCUT2D eigenvalue weighted by atomic mass is 10.1. The molecule has 3 aromatic carbocycles. The molecule has 0 fully saturated rings. The third-order valence-electron chi connectivity index (χ3n) is 12.1. The van der Waals surface area contributed by atoms with Gasteiger partial charge in [-0.15, -0.1) is 0 Å². The molecule has 0 bridgehead atoms. The number of benzene rings is 3. The molecule has 0 amide bonds. The number of unbranched alkanes of at least 4 members (excludes halogenated alkanes) is 20. The summed E-state index contributed by atoms with van der Waals surface area (Å²) in [5.41, 5.74) is 6.53. The van der Waals surface area contributed by atoms with E-state index in [9.17, 15) is 9.90 Å². The maximum atomic E-state index is 11.3. The van der Waals surface area contributed by atoms with Crippen LogP contribution in [-0.4, -0.2) is 37.3 Å². The van der Waals surface area contributed by atoms with E-state index in [1.54, 1.807) is 6.08 Å². The number of aliphatic carboxylic acids is 1. The third kappa shape index (κ3) is 20.6. The van der Waals surface area contributed by atoms with Crippen molar-refractivity contribution in [3.8, 4) is 0 Å². The summed E-state index contributed by atoms with van der Waals surface area (Å²) in [5, 5.41) is 9.25. The van der Waals surface area contributed by atoms with E-state index in [0.717, 1.165) is 48.8 Å². The second kappa shape index (κ2) is 33.1. The molecule has 0 saturated carbocycles. The van der Waals surface area contributed by atoms with Gasteiger partial charge in [0.2, 0.25) is 0 Å². The molecule has 0 heterocycles. The maximum Gasteiger partial charge on any atom is 0.333 e. The predicted octanol–water partition coefficient (Wildman–Crippen LogP) is 17.1. The van der Waals surface area contributed by atoms with Crippen molar-refractivity contribution in [3.05, 3.63) is 108 Å². The van der Waals surface area contributed by atoms with E-state index in [2.05, 4.69) is 120 Å². The van der Waals surface area contributed by atoms with Gasteiger partial charge in [-0.3, -0.25) is 4.79 Å². The number of carbonyl (C=O) groups is 1. The fraction of sp³-hybridized carbons (Fsp3) is 0.571. The van der Waals surface area contributed by atoms with Crippen LogP contribution in [0.1, 0.15) is 187 Å². The molecule has 340 valence electrons. The first-order valence-electron chi connectivity index (χ1n) is 25.0. The van der Waals surface area contributed by atoms with Crippen molar-refractivity contribution in [1.29, 1.82) is 0 Å². The topological polar surface area (TPSA) is 51.4 Å². The van der Waals surface area contributed by atoms with Gasteiger partial charge in [0, 0.05) is 54.6 Å². The number of carboxylic acids is 1. The van der Waals surface area contributed by atoms with Crippen LogP contribution in [0.4, 0.5) is 28.4 Å². The quantitative estimate of drug-likeness (QED) is 0.0273. The summed E-state index contributed by atoms with van der Waals surface area (Å²) in [6.45, 7) is 20.7. The molecule has 0 saturated heterocycles. The highest BCUT2D eigenvalue weighted by atomic mass is 16.4. The van der Waals surface area contributed by atoms with E-state index >= 15 is 0 Å². The predicted molar refractivity (Wildman–Crippen MR) is 270 cm³/mol. The Balaban J connectivity index is 1.92. The number of carboxylic acid groups (broad SMARTS) is 1. The van der Waals surface area contributed by atoms with Gasteiger partial charge >= 0.3 is 5.97 Å². The first kappa shape index (κ1) is 51.8. The van der Waals surface area contributed by atoms with Crippen LogP contribution in [0, 0.1) is 6.57 Å². The highest BCUT2D eigenvalue weighted by Gasteiger charge is 2.16. The Morgan fingerprint density at radius 3 is 1.06 bits per heavy atom. The van der Waals surface area contributed by atoms with Crippen LogP contribution in [0.3, 0.4) is 0 Å². The fourth-order valence-electron chi connectivity index (χ4n) is 8.29. The first-order valence-corrected chi connectivity index (χ1v) is 25.0.